The molecule has 0 unspecified atom stereocenters. The van der Waals surface area contributed by atoms with Gasteiger partial charge < -0.3 is 4.74 Å². The van der Waals surface area contributed by atoms with E-state index < -0.39 is 10.0 Å². The van der Waals surface area contributed by atoms with Gasteiger partial charge in [-0.15, -0.1) is 0 Å². The van der Waals surface area contributed by atoms with E-state index in [1.807, 2.05) is 13.1 Å². The van der Waals surface area contributed by atoms with Gasteiger partial charge in [0.15, 0.2) is 0 Å². The molecule has 114 valence electrons. The van der Waals surface area contributed by atoms with Gasteiger partial charge in [0.1, 0.15) is 12.4 Å². The summed E-state index contributed by atoms with van der Waals surface area (Å²) in [6.07, 6.45) is 3.73. The van der Waals surface area contributed by atoms with E-state index in [9.17, 15) is 8.42 Å². The number of sulfonamides is 1. The first-order valence-electron chi connectivity index (χ1n) is 6.54. The Bertz CT molecular complexity index is 691. The summed E-state index contributed by atoms with van der Waals surface area (Å²) in [5, 5.41) is 4.16. The maximum absolute atomic E-state index is 11.9. The van der Waals surface area contributed by atoms with Crippen LogP contribution in [0.25, 0.3) is 0 Å². The Kier molecular flexibility index (Phi) is 4.64. The Balaban J connectivity index is 1.94. The van der Waals surface area contributed by atoms with Crippen molar-refractivity contribution in [1.82, 2.24) is 14.1 Å². The predicted octanol–water partition coefficient (Wildman–Crippen LogP) is 1.52. The molecule has 0 bridgehead atoms. The second-order valence-corrected chi connectivity index (χ2v) is 7.04. The van der Waals surface area contributed by atoms with Crippen LogP contribution in [0.1, 0.15) is 5.56 Å². The molecule has 0 N–H and O–H groups in total. The van der Waals surface area contributed by atoms with Crippen molar-refractivity contribution in [3.8, 4) is 5.75 Å². The first-order valence-corrected chi connectivity index (χ1v) is 7.98. The molecule has 6 nitrogen and oxygen atoms in total. The molecular weight excluding hydrogens is 290 g/mol. The summed E-state index contributed by atoms with van der Waals surface area (Å²) >= 11 is 0. The van der Waals surface area contributed by atoms with E-state index in [0.717, 1.165) is 5.56 Å². The Morgan fingerprint density at radius 2 is 1.90 bits per heavy atom. The van der Waals surface area contributed by atoms with Crippen molar-refractivity contribution < 1.29 is 13.2 Å². The van der Waals surface area contributed by atoms with Crippen LogP contribution < -0.4 is 4.74 Å². The standard InChI is InChI=1S/C14H19N3O3S/c1-12-10-15-17(11-12)8-9-20-13-4-6-14(7-5-13)21(18,19)16(2)3/h4-7,10-11H,8-9H2,1-3H3. The summed E-state index contributed by atoms with van der Waals surface area (Å²) in [5.41, 5.74) is 1.10. The third kappa shape index (κ3) is 3.83. The normalized spacial score (nSPS) is 11.8. The van der Waals surface area contributed by atoms with Gasteiger partial charge in [-0.3, -0.25) is 4.68 Å². The van der Waals surface area contributed by atoms with Crippen molar-refractivity contribution in [3.05, 3.63) is 42.2 Å². The van der Waals surface area contributed by atoms with Gasteiger partial charge in [-0.05, 0) is 36.8 Å². The number of hydrogen-bond acceptors (Lipinski definition) is 4. The molecule has 0 saturated heterocycles. The van der Waals surface area contributed by atoms with Gasteiger partial charge in [0, 0.05) is 20.3 Å². The van der Waals surface area contributed by atoms with E-state index in [1.165, 1.54) is 18.4 Å². The third-order valence-corrected chi connectivity index (χ3v) is 4.78. The van der Waals surface area contributed by atoms with Gasteiger partial charge in [0.05, 0.1) is 17.6 Å². The molecule has 1 aromatic carbocycles. The Labute approximate surface area is 125 Å². The number of benzene rings is 1. The second kappa shape index (κ2) is 6.28. The summed E-state index contributed by atoms with van der Waals surface area (Å²) < 4.78 is 32.4. The number of aryl methyl sites for hydroxylation is 1. The van der Waals surface area contributed by atoms with Gasteiger partial charge in [-0.25, -0.2) is 12.7 Å². The molecule has 0 saturated carbocycles. The van der Waals surface area contributed by atoms with E-state index in [-0.39, 0.29) is 4.90 Å². The molecule has 7 heteroatoms. The highest BCUT2D eigenvalue weighted by molar-refractivity contribution is 7.89. The van der Waals surface area contributed by atoms with Crippen LogP contribution in [0.3, 0.4) is 0 Å². The van der Waals surface area contributed by atoms with Gasteiger partial charge in [0.25, 0.3) is 0 Å². The van der Waals surface area contributed by atoms with Crippen molar-refractivity contribution in [2.75, 3.05) is 20.7 Å². The fourth-order valence-corrected chi connectivity index (χ4v) is 2.67. The first-order chi connectivity index (χ1) is 9.89. The van der Waals surface area contributed by atoms with Crippen molar-refractivity contribution in [3.63, 3.8) is 0 Å². The summed E-state index contributed by atoms with van der Waals surface area (Å²) in [6, 6.07) is 6.40. The Morgan fingerprint density at radius 1 is 1.24 bits per heavy atom. The van der Waals surface area contributed by atoms with E-state index in [2.05, 4.69) is 5.10 Å². The zero-order chi connectivity index (χ0) is 15.5. The van der Waals surface area contributed by atoms with Crippen LogP contribution in [0.2, 0.25) is 0 Å². The van der Waals surface area contributed by atoms with E-state index in [0.29, 0.717) is 18.9 Å². The quantitative estimate of drug-likeness (QED) is 0.811. The van der Waals surface area contributed by atoms with Crippen LogP contribution in [-0.2, 0) is 16.6 Å². The third-order valence-electron chi connectivity index (χ3n) is 2.95. The van der Waals surface area contributed by atoms with Crippen LogP contribution in [0.4, 0.5) is 0 Å². The number of aromatic nitrogens is 2. The van der Waals surface area contributed by atoms with Crippen LogP contribution in [0.15, 0.2) is 41.6 Å². The van der Waals surface area contributed by atoms with Gasteiger partial charge in [0.2, 0.25) is 10.0 Å². The number of ether oxygens (including phenoxy) is 1. The monoisotopic (exact) mass is 309 g/mol. The fraction of sp³-hybridized carbons (Fsp3) is 0.357. The Hall–Kier alpha value is -1.86. The van der Waals surface area contributed by atoms with Gasteiger partial charge in [-0.2, -0.15) is 5.10 Å². The van der Waals surface area contributed by atoms with E-state index in [1.54, 1.807) is 35.1 Å². The summed E-state index contributed by atoms with van der Waals surface area (Å²) in [5.74, 6) is 0.636. The van der Waals surface area contributed by atoms with Crippen LogP contribution in [0.5, 0.6) is 5.75 Å². The topological polar surface area (TPSA) is 64.4 Å². The molecule has 0 radical (unpaired) electrons. The maximum atomic E-state index is 11.9. The van der Waals surface area contributed by atoms with E-state index in [4.69, 9.17) is 4.74 Å². The number of nitrogens with zero attached hydrogens (tertiary/aromatic N) is 3. The highest BCUT2D eigenvalue weighted by Gasteiger charge is 2.16. The Morgan fingerprint density at radius 3 is 2.43 bits per heavy atom. The smallest absolute Gasteiger partial charge is 0.242 e. The maximum Gasteiger partial charge on any atom is 0.242 e. The molecule has 0 spiro atoms. The summed E-state index contributed by atoms with van der Waals surface area (Å²) in [4.78, 5) is 0.252. The van der Waals surface area contributed by atoms with E-state index >= 15 is 0 Å². The number of hydrogen-bond donors (Lipinski definition) is 0. The van der Waals surface area contributed by atoms with Crippen LogP contribution in [0, 0.1) is 6.92 Å². The van der Waals surface area contributed by atoms with Crippen LogP contribution in [-0.4, -0.2) is 43.2 Å². The van der Waals surface area contributed by atoms with Crippen LogP contribution >= 0.6 is 0 Å². The molecule has 2 rings (SSSR count). The molecule has 0 aliphatic heterocycles. The predicted molar refractivity (Wildman–Crippen MR) is 79.8 cm³/mol. The van der Waals surface area contributed by atoms with Gasteiger partial charge >= 0.3 is 0 Å². The average Bonchev–Trinajstić information content (AvgIpc) is 2.85. The highest BCUT2D eigenvalue weighted by atomic mass is 32.2. The molecule has 21 heavy (non-hydrogen) atoms. The molecule has 0 aliphatic rings. The molecule has 1 aromatic heterocycles. The van der Waals surface area contributed by atoms with Crippen molar-refractivity contribution in [1.29, 1.82) is 0 Å². The minimum Gasteiger partial charge on any atom is -0.492 e. The zero-order valence-corrected chi connectivity index (χ0v) is 13.2. The summed E-state index contributed by atoms with van der Waals surface area (Å²) in [6.45, 7) is 3.10. The summed E-state index contributed by atoms with van der Waals surface area (Å²) in [7, 11) is -0.379. The van der Waals surface area contributed by atoms with Crippen molar-refractivity contribution >= 4 is 10.0 Å². The lowest BCUT2D eigenvalue weighted by Crippen LogP contribution is -2.22. The first kappa shape index (κ1) is 15.5. The molecule has 0 fully saturated rings. The van der Waals surface area contributed by atoms with Crippen molar-refractivity contribution in [2.45, 2.75) is 18.4 Å². The van der Waals surface area contributed by atoms with Crippen molar-refractivity contribution in [2.24, 2.45) is 0 Å². The number of rotatable bonds is 6. The average molecular weight is 309 g/mol. The second-order valence-electron chi connectivity index (χ2n) is 4.89. The SMILES string of the molecule is Cc1cnn(CCOc2ccc(S(=O)(=O)N(C)C)cc2)c1. The lowest BCUT2D eigenvalue weighted by molar-refractivity contribution is 0.291. The largest absolute Gasteiger partial charge is 0.492 e. The lowest BCUT2D eigenvalue weighted by Gasteiger charge is -2.12. The molecule has 2 aromatic rings. The van der Waals surface area contributed by atoms with Gasteiger partial charge in [-0.1, -0.05) is 0 Å². The minimum absolute atomic E-state index is 0.252. The molecule has 0 atom stereocenters. The fourth-order valence-electron chi connectivity index (χ4n) is 1.76. The molecular formula is C14H19N3O3S. The molecule has 1 heterocycles. The molecule has 0 amide bonds. The molecule has 0 aliphatic carbocycles. The lowest BCUT2D eigenvalue weighted by atomic mass is 10.3. The minimum atomic E-state index is -3.39. The highest BCUT2D eigenvalue weighted by Crippen LogP contribution is 2.18. The zero-order valence-electron chi connectivity index (χ0n) is 12.4.